The fourth-order valence-corrected chi connectivity index (χ4v) is 3.47. The Morgan fingerprint density at radius 2 is 2.23 bits per heavy atom. The van der Waals surface area contributed by atoms with Gasteiger partial charge in [0, 0.05) is 39.3 Å². The maximum atomic E-state index is 5.81. The molecule has 2 aliphatic rings. The lowest BCUT2D eigenvalue weighted by atomic mass is 9.99. The summed E-state index contributed by atoms with van der Waals surface area (Å²) in [5.41, 5.74) is -0.0362. The Balaban J connectivity index is 1.71. The number of guanidine groups is 1. The van der Waals surface area contributed by atoms with Crippen LogP contribution in [0.25, 0.3) is 0 Å². The van der Waals surface area contributed by atoms with Crippen LogP contribution in [-0.2, 0) is 4.74 Å². The van der Waals surface area contributed by atoms with Gasteiger partial charge in [0.25, 0.3) is 0 Å². The van der Waals surface area contributed by atoms with Crippen molar-refractivity contribution >= 4 is 5.96 Å². The van der Waals surface area contributed by atoms with Crippen LogP contribution in [0.1, 0.15) is 46.5 Å². The van der Waals surface area contributed by atoms with Crippen molar-refractivity contribution in [2.45, 2.75) is 58.1 Å². The SMILES string of the molecule is CN=C(NCC(C)N1CCCC(C)C1)NCC1(C)CCCO1. The second kappa shape index (κ2) is 8.16. The van der Waals surface area contributed by atoms with Crippen LogP contribution in [-0.4, -0.2) is 62.3 Å². The number of hydrogen-bond acceptors (Lipinski definition) is 3. The van der Waals surface area contributed by atoms with E-state index in [1.165, 1.54) is 25.9 Å². The van der Waals surface area contributed by atoms with E-state index in [-0.39, 0.29) is 5.60 Å². The molecule has 0 saturated carbocycles. The first-order chi connectivity index (χ1) is 10.5. The molecule has 0 aromatic rings. The van der Waals surface area contributed by atoms with Gasteiger partial charge in [0.2, 0.25) is 0 Å². The summed E-state index contributed by atoms with van der Waals surface area (Å²) in [5, 5.41) is 6.88. The molecule has 0 spiro atoms. The lowest BCUT2D eigenvalue weighted by Crippen LogP contribution is -2.50. The second-order valence-corrected chi connectivity index (χ2v) is 7.30. The Morgan fingerprint density at radius 1 is 1.41 bits per heavy atom. The average molecular weight is 310 g/mol. The molecule has 0 amide bonds. The van der Waals surface area contributed by atoms with E-state index in [4.69, 9.17) is 4.74 Å². The molecule has 0 radical (unpaired) electrons. The Kier molecular flexibility index (Phi) is 6.50. The van der Waals surface area contributed by atoms with Crippen molar-refractivity contribution in [3.63, 3.8) is 0 Å². The first-order valence-electron chi connectivity index (χ1n) is 8.85. The summed E-state index contributed by atoms with van der Waals surface area (Å²) in [4.78, 5) is 6.93. The van der Waals surface area contributed by atoms with Crippen molar-refractivity contribution in [1.29, 1.82) is 0 Å². The van der Waals surface area contributed by atoms with E-state index in [0.717, 1.165) is 44.4 Å². The number of hydrogen-bond donors (Lipinski definition) is 2. The monoisotopic (exact) mass is 310 g/mol. The molecule has 5 heteroatoms. The number of rotatable bonds is 5. The van der Waals surface area contributed by atoms with E-state index < -0.39 is 0 Å². The number of nitrogens with one attached hydrogen (secondary N) is 2. The van der Waals surface area contributed by atoms with Gasteiger partial charge in [-0.05, 0) is 52.0 Å². The topological polar surface area (TPSA) is 48.9 Å². The van der Waals surface area contributed by atoms with Crippen molar-refractivity contribution in [2.75, 3.05) is 39.8 Å². The first-order valence-corrected chi connectivity index (χ1v) is 8.85. The van der Waals surface area contributed by atoms with Gasteiger partial charge in [0.1, 0.15) is 0 Å². The van der Waals surface area contributed by atoms with E-state index in [0.29, 0.717) is 6.04 Å². The highest BCUT2D eigenvalue weighted by Gasteiger charge is 2.29. The van der Waals surface area contributed by atoms with Crippen molar-refractivity contribution in [2.24, 2.45) is 10.9 Å². The predicted octanol–water partition coefficient (Wildman–Crippen LogP) is 1.84. The van der Waals surface area contributed by atoms with E-state index >= 15 is 0 Å². The van der Waals surface area contributed by atoms with Crippen LogP contribution in [0.15, 0.2) is 4.99 Å². The van der Waals surface area contributed by atoms with E-state index in [9.17, 15) is 0 Å². The summed E-state index contributed by atoms with van der Waals surface area (Å²) in [6.07, 6.45) is 4.99. The quantitative estimate of drug-likeness (QED) is 0.601. The van der Waals surface area contributed by atoms with Gasteiger partial charge in [-0.25, -0.2) is 0 Å². The average Bonchev–Trinajstić information content (AvgIpc) is 2.94. The highest BCUT2D eigenvalue weighted by molar-refractivity contribution is 5.79. The molecule has 2 heterocycles. The molecule has 3 unspecified atom stereocenters. The van der Waals surface area contributed by atoms with Gasteiger partial charge in [-0.15, -0.1) is 0 Å². The van der Waals surface area contributed by atoms with Gasteiger partial charge in [0.15, 0.2) is 5.96 Å². The molecule has 2 aliphatic heterocycles. The maximum Gasteiger partial charge on any atom is 0.191 e. The van der Waals surface area contributed by atoms with Crippen molar-refractivity contribution in [3.8, 4) is 0 Å². The highest BCUT2D eigenvalue weighted by Crippen LogP contribution is 2.23. The van der Waals surface area contributed by atoms with Crippen LogP contribution < -0.4 is 10.6 Å². The number of ether oxygens (including phenoxy) is 1. The van der Waals surface area contributed by atoms with Gasteiger partial charge >= 0.3 is 0 Å². The minimum Gasteiger partial charge on any atom is -0.373 e. The zero-order valence-corrected chi connectivity index (χ0v) is 14.8. The molecule has 3 atom stereocenters. The number of nitrogens with zero attached hydrogens (tertiary/aromatic N) is 2. The Hall–Kier alpha value is -0.810. The van der Waals surface area contributed by atoms with Crippen molar-refractivity contribution in [3.05, 3.63) is 0 Å². The van der Waals surface area contributed by atoms with Gasteiger partial charge in [-0.1, -0.05) is 6.92 Å². The van der Waals surface area contributed by atoms with E-state index in [1.54, 1.807) is 0 Å². The second-order valence-electron chi connectivity index (χ2n) is 7.30. The molecule has 0 aliphatic carbocycles. The van der Waals surface area contributed by atoms with E-state index in [2.05, 4.69) is 41.3 Å². The molecule has 2 rings (SSSR count). The third-order valence-corrected chi connectivity index (χ3v) is 5.03. The third kappa shape index (κ3) is 5.13. The molecular weight excluding hydrogens is 276 g/mol. The number of piperidine rings is 1. The van der Waals surface area contributed by atoms with Gasteiger partial charge in [-0.3, -0.25) is 9.89 Å². The minimum absolute atomic E-state index is 0.0362. The Morgan fingerprint density at radius 3 is 2.86 bits per heavy atom. The van der Waals surface area contributed by atoms with Gasteiger partial charge in [0.05, 0.1) is 5.60 Å². The standard InChI is InChI=1S/C17H34N4O/c1-14-7-5-9-21(12-14)15(2)11-19-16(18-4)20-13-17(3)8-6-10-22-17/h14-15H,5-13H2,1-4H3,(H2,18,19,20). The van der Waals surface area contributed by atoms with Crippen molar-refractivity contribution in [1.82, 2.24) is 15.5 Å². The summed E-state index contributed by atoms with van der Waals surface area (Å²) in [6, 6.07) is 0.541. The smallest absolute Gasteiger partial charge is 0.191 e. The Labute approximate surface area is 135 Å². The molecule has 22 heavy (non-hydrogen) atoms. The lowest BCUT2D eigenvalue weighted by Gasteiger charge is -2.36. The van der Waals surface area contributed by atoms with Gasteiger partial charge < -0.3 is 15.4 Å². The van der Waals surface area contributed by atoms with Crippen LogP contribution >= 0.6 is 0 Å². The fraction of sp³-hybridized carbons (Fsp3) is 0.941. The molecule has 2 N–H and O–H groups in total. The summed E-state index contributed by atoms with van der Waals surface area (Å²) in [6.45, 7) is 11.9. The molecule has 0 aromatic carbocycles. The molecular formula is C17H34N4O. The largest absolute Gasteiger partial charge is 0.373 e. The molecule has 0 bridgehead atoms. The van der Waals surface area contributed by atoms with E-state index in [1.807, 2.05) is 7.05 Å². The van der Waals surface area contributed by atoms with Crippen molar-refractivity contribution < 1.29 is 4.74 Å². The number of aliphatic imine (C=N–C) groups is 1. The van der Waals surface area contributed by atoms with Crippen LogP contribution in [0.5, 0.6) is 0 Å². The van der Waals surface area contributed by atoms with Crippen LogP contribution in [0, 0.1) is 5.92 Å². The lowest BCUT2D eigenvalue weighted by molar-refractivity contribution is 0.0242. The van der Waals surface area contributed by atoms with Gasteiger partial charge in [-0.2, -0.15) is 0 Å². The Bertz CT molecular complexity index is 366. The summed E-state index contributed by atoms with van der Waals surface area (Å²) >= 11 is 0. The van der Waals surface area contributed by atoms with Crippen LogP contribution in [0.2, 0.25) is 0 Å². The predicted molar refractivity (Wildman–Crippen MR) is 92.4 cm³/mol. The summed E-state index contributed by atoms with van der Waals surface area (Å²) in [7, 11) is 1.83. The first kappa shape index (κ1) is 17.5. The number of likely N-dealkylation sites (tertiary alicyclic amines) is 1. The molecule has 2 fully saturated rings. The highest BCUT2D eigenvalue weighted by atomic mass is 16.5. The van der Waals surface area contributed by atoms with Crippen LogP contribution in [0.4, 0.5) is 0 Å². The zero-order chi connectivity index (χ0) is 16.0. The third-order valence-electron chi connectivity index (χ3n) is 5.03. The summed E-state index contributed by atoms with van der Waals surface area (Å²) < 4.78 is 5.81. The molecule has 128 valence electrons. The maximum absolute atomic E-state index is 5.81. The minimum atomic E-state index is -0.0362. The summed E-state index contributed by atoms with van der Waals surface area (Å²) in [5.74, 6) is 1.71. The molecule has 5 nitrogen and oxygen atoms in total. The fourth-order valence-electron chi connectivity index (χ4n) is 3.47. The molecule has 0 aromatic heterocycles. The zero-order valence-electron chi connectivity index (χ0n) is 14.8. The molecule has 2 saturated heterocycles. The normalized spacial score (nSPS) is 32.0. The van der Waals surface area contributed by atoms with Crippen LogP contribution in [0.3, 0.4) is 0 Å².